The van der Waals surface area contributed by atoms with Gasteiger partial charge in [-0.15, -0.1) is 0 Å². The van der Waals surface area contributed by atoms with Gasteiger partial charge in [-0.3, -0.25) is 9.69 Å². The Morgan fingerprint density at radius 1 is 1.17 bits per heavy atom. The summed E-state index contributed by atoms with van der Waals surface area (Å²) in [5.41, 5.74) is 2.94. The number of carbonyl (C=O) groups is 1. The third-order valence-electron chi connectivity index (χ3n) is 3.57. The van der Waals surface area contributed by atoms with Gasteiger partial charge in [0, 0.05) is 19.5 Å². The van der Waals surface area contributed by atoms with Gasteiger partial charge in [0.25, 0.3) is 0 Å². The summed E-state index contributed by atoms with van der Waals surface area (Å²) in [6, 6.07) is 8.65. The number of unbranched alkanes of at least 4 members (excludes halogenated alkanes) is 2. The summed E-state index contributed by atoms with van der Waals surface area (Å²) in [5, 5.41) is 8.56. The van der Waals surface area contributed by atoms with Crippen LogP contribution in [-0.2, 0) is 17.8 Å². The first-order valence-electron chi connectivity index (χ1n) is 6.76. The molecule has 18 heavy (non-hydrogen) atoms. The largest absolute Gasteiger partial charge is 0.481 e. The van der Waals surface area contributed by atoms with E-state index in [0.29, 0.717) is 6.42 Å². The van der Waals surface area contributed by atoms with Gasteiger partial charge in [0.2, 0.25) is 0 Å². The lowest BCUT2D eigenvalue weighted by Crippen LogP contribution is -2.31. The van der Waals surface area contributed by atoms with E-state index in [2.05, 4.69) is 29.2 Å². The van der Waals surface area contributed by atoms with E-state index in [-0.39, 0.29) is 0 Å². The van der Waals surface area contributed by atoms with Crippen LogP contribution in [0.3, 0.4) is 0 Å². The summed E-state index contributed by atoms with van der Waals surface area (Å²) >= 11 is 0. The van der Waals surface area contributed by atoms with Gasteiger partial charge >= 0.3 is 5.97 Å². The Bertz CT molecular complexity index is 403. The molecule has 0 unspecified atom stereocenters. The van der Waals surface area contributed by atoms with Crippen molar-refractivity contribution < 1.29 is 9.90 Å². The molecule has 1 heterocycles. The lowest BCUT2D eigenvalue weighted by atomic mass is 10.00. The Morgan fingerprint density at radius 3 is 2.72 bits per heavy atom. The van der Waals surface area contributed by atoms with Crippen molar-refractivity contribution in [2.24, 2.45) is 0 Å². The standard InChI is InChI=1S/C15H21NO2/c17-15(18)8-2-1-5-10-16-11-9-13-6-3-4-7-14(13)12-16/h3-4,6-7H,1-2,5,8-12H2,(H,17,18). The molecule has 0 bridgehead atoms. The van der Waals surface area contributed by atoms with E-state index in [0.717, 1.165) is 45.3 Å². The van der Waals surface area contributed by atoms with Gasteiger partial charge in [0.15, 0.2) is 0 Å². The number of benzene rings is 1. The van der Waals surface area contributed by atoms with Crippen molar-refractivity contribution in [3.63, 3.8) is 0 Å². The third-order valence-corrected chi connectivity index (χ3v) is 3.57. The van der Waals surface area contributed by atoms with Crippen molar-refractivity contribution in [2.75, 3.05) is 13.1 Å². The predicted molar refractivity (Wildman–Crippen MR) is 71.5 cm³/mol. The van der Waals surface area contributed by atoms with Crippen molar-refractivity contribution >= 4 is 5.97 Å². The lowest BCUT2D eigenvalue weighted by molar-refractivity contribution is -0.137. The van der Waals surface area contributed by atoms with Crippen molar-refractivity contribution in [3.8, 4) is 0 Å². The average molecular weight is 247 g/mol. The topological polar surface area (TPSA) is 40.5 Å². The molecule has 0 radical (unpaired) electrons. The number of fused-ring (bicyclic) bond motifs is 1. The number of carboxylic acids is 1. The van der Waals surface area contributed by atoms with Gasteiger partial charge in [-0.05, 0) is 36.9 Å². The smallest absolute Gasteiger partial charge is 0.303 e. The number of carboxylic acid groups (broad SMARTS) is 1. The molecule has 1 aromatic rings. The van der Waals surface area contributed by atoms with Gasteiger partial charge in [-0.2, -0.15) is 0 Å². The monoisotopic (exact) mass is 247 g/mol. The highest BCUT2D eigenvalue weighted by Crippen LogP contribution is 2.18. The minimum absolute atomic E-state index is 0.308. The van der Waals surface area contributed by atoms with Gasteiger partial charge in [0.05, 0.1) is 0 Å². The summed E-state index contributed by atoms with van der Waals surface area (Å²) in [5.74, 6) is -0.679. The van der Waals surface area contributed by atoms with E-state index < -0.39 is 5.97 Å². The van der Waals surface area contributed by atoms with Crippen molar-refractivity contribution in [1.82, 2.24) is 4.90 Å². The quantitative estimate of drug-likeness (QED) is 0.786. The first-order chi connectivity index (χ1) is 8.75. The number of hydrogen-bond donors (Lipinski definition) is 1. The van der Waals surface area contributed by atoms with E-state index in [1.54, 1.807) is 0 Å². The second-order valence-electron chi connectivity index (χ2n) is 5.00. The van der Waals surface area contributed by atoms with Gasteiger partial charge in [0.1, 0.15) is 0 Å². The molecular formula is C15H21NO2. The zero-order valence-electron chi connectivity index (χ0n) is 10.8. The molecule has 3 heteroatoms. The van der Waals surface area contributed by atoms with Gasteiger partial charge in [-0.25, -0.2) is 0 Å². The maximum atomic E-state index is 10.4. The van der Waals surface area contributed by atoms with Crippen LogP contribution < -0.4 is 0 Å². The molecule has 0 saturated carbocycles. The molecule has 0 aromatic heterocycles. The summed E-state index contributed by atoms with van der Waals surface area (Å²) in [4.78, 5) is 12.9. The molecule has 2 rings (SSSR count). The van der Waals surface area contributed by atoms with Gasteiger partial charge < -0.3 is 5.11 Å². The Hall–Kier alpha value is -1.35. The SMILES string of the molecule is O=C(O)CCCCCN1CCc2ccccc2C1. The summed E-state index contributed by atoms with van der Waals surface area (Å²) in [6.07, 6.45) is 4.38. The molecule has 3 nitrogen and oxygen atoms in total. The van der Waals surface area contributed by atoms with Crippen LogP contribution in [-0.4, -0.2) is 29.1 Å². The van der Waals surface area contributed by atoms with Crippen molar-refractivity contribution in [2.45, 2.75) is 38.6 Å². The first-order valence-corrected chi connectivity index (χ1v) is 6.76. The zero-order valence-corrected chi connectivity index (χ0v) is 10.8. The second-order valence-corrected chi connectivity index (χ2v) is 5.00. The van der Waals surface area contributed by atoms with Crippen LogP contribution in [0.5, 0.6) is 0 Å². The average Bonchev–Trinajstić information content (AvgIpc) is 2.38. The van der Waals surface area contributed by atoms with E-state index >= 15 is 0 Å². The fraction of sp³-hybridized carbons (Fsp3) is 0.533. The van der Waals surface area contributed by atoms with E-state index in [1.807, 2.05) is 0 Å². The molecule has 1 aromatic carbocycles. The maximum Gasteiger partial charge on any atom is 0.303 e. The van der Waals surface area contributed by atoms with Crippen LogP contribution in [0.25, 0.3) is 0 Å². The number of hydrogen-bond acceptors (Lipinski definition) is 2. The Morgan fingerprint density at radius 2 is 1.94 bits per heavy atom. The van der Waals surface area contributed by atoms with Crippen LogP contribution in [0.15, 0.2) is 24.3 Å². The summed E-state index contributed by atoms with van der Waals surface area (Å²) in [7, 11) is 0. The van der Waals surface area contributed by atoms with Crippen molar-refractivity contribution in [1.29, 1.82) is 0 Å². The highest BCUT2D eigenvalue weighted by Gasteiger charge is 2.14. The van der Waals surface area contributed by atoms with Crippen LogP contribution in [0.1, 0.15) is 36.8 Å². The highest BCUT2D eigenvalue weighted by molar-refractivity contribution is 5.66. The van der Waals surface area contributed by atoms with E-state index in [9.17, 15) is 4.79 Å². The summed E-state index contributed by atoms with van der Waals surface area (Å²) in [6.45, 7) is 3.28. The fourth-order valence-corrected chi connectivity index (χ4v) is 2.53. The molecular weight excluding hydrogens is 226 g/mol. The van der Waals surface area contributed by atoms with Crippen molar-refractivity contribution in [3.05, 3.63) is 35.4 Å². The molecule has 0 amide bonds. The van der Waals surface area contributed by atoms with E-state index in [4.69, 9.17) is 5.11 Å². The molecule has 0 saturated heterocycles. The molecule has 0 aliphatic carbocycles. The molecule has 1 aliphatic heterocycles. The lowest BCUT2D eigenvalue weighted by Gasteiger charge is -2.28. The fourth-order valence-electron chi connectivity index (χ4n) is 2.53. The molecule has 98 valence electrons. The Kier molecular flexibility index (Phi) is 4.76. The minimum Gasteiger partial charge on any atom is -0.481 e. The minimum atomic E-state index is -0.679. The normalized spacial score (nSPS) is 15.3. The number of nitrogens with zero attached hydrogens (tertiary/aromatic N) is 1. The highest BCUT2D eigenvalue weighted by atomic mass is 16.4. The van der Waals surface area contributed by atoms with Crippen LogP contribution in [0.2, 0.25) is 0 Å². The zero-order chi connectivity index (χ0) is 12.8. The Labute approximate surface area is 108 Å². The van der Waals surface area contributed by atoms with Gasteiger partial charge in [-0.1, -0.05) is 30.7 Å². The van der Waals surface area contributed by atoms with E-state index in [1.165, 1.54) is 11.1 Å². The van der Waals surface area contributed by atoms with Crippen LogP contribution >= 0.6 is 0 Å². The molecule has 0 spiro atoms. The second kappa shape index (κ2) is 6.55. The maximum absolute atomic E-state index is 10.4. The van der Waals surface area contributed by atoms with Crippen LogP contribution in [0, 0.1) is 0 Å². The first kappa shape index (κ1) is 13.1. The molecule has 1 N–H and O–H groups in total. The molecule has 0 fully saturated rings. The third kappa shape index (κ3) is 3.84. The number of aliphatic carboxylic acids is 1. The Balaban J connectivity index is 1.68. The molecule has 0 atom stereocenters. The molecule has 1 aliphatic rings. The summed E-state index contributed by atoms with van der Waals surface area (Å²) < 4.78 is 0. The van der Waals surface area contributed by atoms with Crippen LogP contribution in [0.4, 0.5) is 0 Å². The predicted octanol–water partition coefficient (Wildman–Crippen LogP) is 2.69. The number of rotatable bonds is 6.